The lowest BCUT2D eigenvalue weighted by molar-refractivity contribution is 0.768. The minimum absolute atomic E-state index is 0.699. The standard InChI is InChI=1S/C10H12IN5/c1-3-12-10-8(11)5-13-9(15-10)7-4-14-16(2)6-7/h4-6H,3H2,1-2H3,(H,12,13,15). The highest BCUT2D eigenvalue weighted by Crippen LogP contribution is 2.19. The van der Waals surface area contributed by atoms with Gasteiger partial charge in [-0.2, -0.15) is 5.10 Å². The van der Waals surface area contributed by atoms with Crippen LogP contribution in [0, 0.1) is 3.57 Å². The Kier molecular flexibility index (Phi) is 3.37. The van der Waals surface area contributed by atoms with Crippen molar-refractivity contribution < 1.29 is 0 Å². The summed E-state index contributed by atoms with van der Waals surface area (Å²) in [5.74, 6) is 1.57. The van der Waals surface area contributed by atoms with E-state index in [0.29, 0.717) is 5.82 Å². The van der Waals surface area contributed by atoms with Crippen LogP contribution in [-0.4, -0.2) is 26.3 Å². The first kappa shape index (κ1) is 11.3. The van der Waals surface area contributed by atoms with Crippen LogP contribution in [0.15, 0.2) is 18.6 Å². The summed E-state index contributed by atoms with van der Waals surface area (Å²) in [7, 11) is 1.88. The highest BCUT2D eigenvalue weighted by Gasteiger charge is 2.07. The molecule has 0 saturated carbocycles. The number of halogens is 1. The van der Waals surface area contributed by atoms with Gasteiger partial charge < -0.3 is 5.32 Å². The van der Waals surface area contributed by atoms with Crippen molar-refractivity contribution in [2.24, 2.45) is 7.05 Å². The van der Waals surface area contributed by atoms with E-state index in [0.717, 1.165) is 21.5 Å². The van der Waals surface area contributed by atoms with Crippen LogP contribution in [0.3, 0.4) is 0 Å². The Bertz CT molecular complexity index is 494. The third-order valence-corrected chi connectivity index (χ3v) is 2.84. The maximum Gasteiger partial charge on any atom is 0.164 e. The first-order valence-electron chi connectivity index (χ1n) is 4.96. The topological polar surface area (TPSA) is 55.6 Å². The monoisotopic (exact) mass is 329 g/mol. The molecule has 2 heterocycles. The third kappa shape index (κ3) is 2.31. The largest absolute Gasteiger partial charge is 0.369 e. The molecule has 0 atom stereocenters. The fraction of sp³-hybridized carbons (Fsp3) is 0.300. The maximum atomic E-state index is 4.46. The lowest BCUT2D eigenvalue weighted by atomic mass is 10.3. The fourth-order valence-electron chi connectivity index (χ4n) is 1.33. The van der Waals surface area contributed by atoms with Crippen molar-refractivity contribution in [3.8, 4) is 11.4 Å². The van der Waals surface area contributed by atoms with Crippen molar-refractivity contribution in [1.82, 2.24) is 19.7 Å². The maximum absolute atomic E-state index is 4.46. The summed E-state index contributed by atoms with van der Waals surface area (Å²) in [6.45, 7) is 2.89. The van der Waals surface area contributed by atoms with E-state index in [9.17, 15) is 0 Å². The number of anilines is 1. The van der Waals surface area contributed by atoms with Crippen LogP contribution in [0.25, 0.3) is 11.4 Å². The van der Waals surface area contributed by atoms with Crippen molar-refractivity contribution in [3.05, 3.63) is 22.2 Å². The Hall–Kier alpha value is -1.18. The zero-order valence-corrected chi connectivity index (χ0v) is 11.3. The lowest BCUT2D eigenvalue weighted by Gasteiger charge is -2.05. The average Bonchev–Trinajstić information content (AvgIpc) is 2.69. The normalized spacial score (nSPS) is 10.4. The number of hydrogen-bond donors (Lipinski definition) is 1. The van der Waals surface area contributed by atoms with Crippen LogP contribution in [0.2, 0.25) is 0 Å². The number of aryl methyl sites for hydroxylation is 1. The molecule has 0 radical (unpaired) electrons. The van der Waals surface area contributed by atoms with E-state index in [1.807, 2.05) is 26.4 Å². The summed E-state index contributed by atoms with van der Waals surface area (Å²) >= 11 is 2.22. The number of aromatic nitrogens is 4. The Morgan fingerprint density at radius 2 is 2.25 bits per heavy atom. The predicted octanol–water partition coefficient (Wildman–Crippen LogP) is 1.91. The van der Waals surface area contributed by atoms with Crippen LogP contribution in [0.1, 0.15) is 6.92 Å². The van der Waals surface area contributed by atoms with E-state index in [1.165, 1.54) is 0 Å². The number of nitrogens with zero attached hydrogens (tertiary/aromatic N) is 4. The van der Waals surface area contributed by atoms with Gasteiger partial charge >= 0.3 is 0 Å². The van der Waals surface area contributed by atoms with Crippen LogP contribution in [0.5, 0.6) is 0 Å². The molecule has 84 valence electrons. The second-order valence-electron chi connectivity index (χ2n) is 3.32. The van der Waals surface area contributed by atoms with E-state index in [4.69, 9.17) is 0 Å². The van der Waals surface area contributed by atoms with Crippen LogP contribution in [0.4, 0.5) is 5.82 Å². The molecule has 1 N–H and O–H groups in total. The molecule has 0 saturated heterocycles. The van der Waals surface area contributed by atoms with Gasteiger partial charge in [-0.1, -0.05) is 0 Å². The third-order valence-electron chi connectivity index (χ3n) is 2.05. The second kappa shape index (κ2) is 4.77. The molecule has 0 aliphatic rings. The fourth-order valence-corrected chi connectivity index (χ4v) is 1.78. The zero-order chi connectivity index (χ0) is 11.5. The molecule has 16 heavy (non-hydrogen) atoms. The molecule has 0 bridgehead atoms. The van der Waals surface area contributed by atoms with E-state index in [-0.39, 0.29) is 0 Å². The molecule has 5 nitrogen and oxygen atoms in total. The Labute approximate surface area is 107 Å². The first-order valence-corrected chi connectivity index (χ1v) is 6.04. The minimum Gasteiger partial charge on any atom is -0.369 e. The SMILES string of the molecule is CCNc1nc(-c2cnn(C)c2)ncc1I. The van der Waals surface area contributed by atoms with Gasteiger partial charge in [-0.05, 0) is 29.5 Å². The van der Waals surface area contributed by atoms with Gasteiger partial charge in [0.15, 0.2) is 5.82 Å². The summed E-state index contributed by atoms with van der Waals surface area (Å²) < 4.78 is 2.76. The molecule has 2 aromatic rings. The van der Waals surface area contributed by atoms with Gasteiger partial charge in [0.1, 0.15) is 5.82 Å². The molecule has 0 unspecified atom stereocenters. The van der Waals surface area contributed by atoms with Crippen molar-refractivity contribution in [2.75, 3.05) is 11.9 Å². The van der Waals surface area contributed by atoms with Crippen molar-refractivity contribution in [1.29, 1.82) is 0 Å². The number of rotatable bonds is 3. The van der Waals surface area contributed by atoms with Crippen molar-refractivity contribution >= 4 is 28.4 Å². The first-order chi connectivity index (χ1) is 7.70. The highest BCUT2D eigenvalue weighted by atomic mass is 127. The molecule has 0 aromatic carbocycles. The van der Waals surface area contributed by atoms with Gasteiger partial charge in [0.05, 0.1) is 15.3 Å². The number of nitrogens with one attached hydrogen (secondary N) is 1. The smallest absolute Gasteiger partial charge is 0.164 e. The quantitative estimate of drug-likeness (QED) is 0.874. The molecule has 0 amide bonds. The molecule has 6 heteroatoms. The lowest BCUT2D eigenvalue weighted by Crippen LogP contribution is -2.03. The van der Waals surface area contributed by atoms with Gasteiger partial charge in [-0.25, -0.2) is 9.97 Å². The summed E-state index contributed by atoms with van der Waals surface area (Å²) in [5.41, 5.74) is 0.929. The molecule has 0 spiro atoms. The summed E-state index contributed by atoms with van der Waals surface area (Å²) in [6, 6.07) is 0. The van der Waals surface area contributed by atoms with Gasteiger partial charge in [0.2, 0.25) is 0 Å². The molecule has 0 aliphatic heterocycles. The summed E-state index contributed by atoms with van der Waals surface area (Å²) in [4.78, 5) is 8.76. The van der Waals surface area contributed by atoms with Gasteiger partial charge in [-0.15, -0.1) is 0 Å². The van der Waals surface area contributed by atoms with Gasteiger partial charge in [0.25, 0.3) is 0 Å². The average molecular weight is 329 g/mol. The molecule has 0 aliphatic carbocycles. The van der Waals surface area contributed by atoms with E-state index < -0.39 is 0 Å². The Balaban J connectivity index is 2.39. The second-order valence-corrected chi connectivity index (χ2v) is 4.49. The Morgan fingerprint density at radius 1 is 1.44 bits per heavy atom. The van der Waals surface area contributed by atoms with Gasteiger partial charge in [0, 0.05) is 26.0 Å². The van der Waals surface area contributed by atoms with Crippen molar-refractivity contribution in [3.63, 3.8) is 0 Å². The number of hydrogen-bond acceptors (Lipinski definition) is 4. The minimum atomic E-state index is 0.699. The predicted molar refractivity (Wildman–Crippen MR) is 71.1 cm³/mol. The van der Waals surface area contributed by atoms with E-state index >= 15 is 0 Å². The molecular formula is C10H12IN5. The molecule has 0 fully saturated rings. The summed E-state index contributed by atoms with van der Waals surface area (Å²) in [5, 5.41) is 7.31. The van der Waals surface area contributed by atoms with Crippen LogP contribution in [-0.2, 0) is 7.05 Å². The molecular weight excluding hydrogens is 317 g/mol. The Morgan fingerprint density at radius 3 is 2.88 bits per heavy atom. The highest BCUT2D eigenvalue weighted by molar-refractivity contribution is 14.1. The molecule has 2 rings (SSSR count). The van der Waals surface area contributed by atoms with E-state index in [1.54, 1.807) is 10.9 Å². The zero-order valence-electron chi connectivity index (χ0n) is 9.11. The van der Waals surface area contributed by atoms with E-state index in [2.05, 4.69) is 43.0 Å². The van der Waals surface area contributed by atoms with Gasteiger partial charge in [-0.3, -0.25) is 4.68 Å². The van der Waals surface area contributed by atoms with Crippen LogP contribution >= 0.6 is 22.6 Å². The molecule has 2 aromatic heterocycles. The van der Waals surface area contributed by atoms with Crippen molar-refractivity contribution in [2.45, 2.75) is 6.92 Å². The summed E-state index contributed by atoms with van der Waals surface area (Å²) in [6.07, 6.45) is 5.48. The van der Waals surface area contributed by atoms with Crippen LogP contribution < -0.4 is 5.32 Å².